The minimum Gasteiger partial charge on any atom is -0.508 e. The van der Waals surface area contributed by atoms with Crippen molar-refractivity contribution < 1.29 is 24.3 Å². The number of Topliss-reactive ketones (excluding diaryl/α,β-unsaturated/α-hetero) is 1. The van der Waals surface area contributed by atoms with Gasteiger partial charge in [-0.2, -0.15) is 0 Å². The van der Waals surface area contributed by atoms with Gasteiger partial charge in [-0.25, -0.2) is 0 Å². The van der Waals surface area contributed by atoms with Crippen molar-refractivity contribution in [3.8, 4) is 5.75 Å². The van der Waals surface area contributed by atoms with Gasteiger partial charge in [-0.15, -0.1) is 11.3 Å². The van der Waals surface area contributed by atoms with Crippen molar-refractivity contribution in [3.63, 3.8) is 0 Å². The van der Waals surface area contributed by atoms with E-state index in [0.717, 1.165) is 10.5 Å². The van der Waals surface area contributed by atoms with E-state index in [-0.39, 0.29) is 48.0 Å². The number of nitrogens with zero attached hydrogens (tertiary/aromatic N) is 1. The summed E-state index contributed by atoms with van der Waals surface area (Å²) >= 11 is 1.50. The molecule has 1 aromatic heterocycles. The van der Waals surface area contributed by atoms with Crippen LogP contribution < -0.4 is 0 Å². The van der Waals surface area contributed by atoms with Crippen molar-refractivity contribution in [2.45, 2.75) is 32.2 Å². The number of fused-ring (bicyclic) bond motifs is 3. The van der Waals surface area contributed by atoms with Crippen LogP contribution in [-0.2, 0) is 25.7 Å². The van der Waals surface area contributed by atoms with E-state index in [0.29, 0.717) is 28.7 Å². The summed E-state index contributed by atoms with van der Waals surface area (Å²) in [5.74, 6) is -2.86. The highest BCUT2D eigenvalue weighted by Crippen LogP contribution is 2.56. The molecule has 1 aliphatic heterocycles. The number of phenolic OH excluding ortho intramolecular Hbond substituents is 1. The summed E-state index contributed by atoms with van der Waals surface area (Å²) in [6, 6.07) is 10.6. The fourth-order valence-electron chi connectivity index (χ4n) is 6.23. The number of amides is 2. The Bertz CT molecular complexity index is 1400. The van der Waals surface area contributed by atoms with Gasteiger partial charge >= 0.3 is 0 Å². The first-order valence-corrected chi connectivity index (χ1v) is 12.6. The van der Waals surface area contributed by atoms with E-state index in [4.69, 9.17) is 0 Å². The Hall–Kier alpha value is -3.58. The SMILES string of the molecule is CC1=CC(=O)C2=C(C1=O)C(c1ccccc1O)C1=CCC3C(=O)N(Cc4cccs4)C(=O)C3C1C2. The standard InChI is InChI=1S/C28H23NO5S/c1-14-11-22(31)20-12-19-16(23(25(20)26(14)32)17-6-2-3-7-21(17)30)8-9-18-24(19)28(34)29(27(18)33)13-15-5-4-10-35-15/h2-8,10-11,18-19,23-24,30H,9,12-13H2,1H3. The molecule has 1 aromatic carbocycles. The number of carbonyl (C=O) groups excluding carboxylic acids is 4. The molecule has 2 heterocycles. The molecule has 6 nitrogen and oxygen atoms in total. The lowest BCUT2D eigenvalue weighted by molar-refractivity contribution is -0.140. The zero-order valence-electron chi connectivity index (χ0n) is 19.1. The second-order valence-electron chi connectivity index (χ2n) is 9.63. The van der Waals surface area contributed by atoms with E-state index in [2.05, 4.69) is 0 Å². The Kier molecular flexibility index (Phi) is 5.00. The number of rotatable bonds is 3. The highest BCUT2D eigenvalue weighted by atomic mass is 32.1. The number of thiophene rings is 1. The number of benzene rings is 1. The molecule has 7 heteroatoms. The minimum absolute atomic E-state index is 0.0358. The number of allylic oxidation sites excluding steroid dienone is 6. The summed E-state index contributed by atoms with van der Waals surface area (Å²) < 4.78 is 0. The maximum absolute atomic E-state index is 13.7. The lowest BCUT2D eigenvalue weighted by Crippen LogP contribution is -2.39. The fourth-order valence-corrected chi connectivity index (χ4v) is 6.92. The fraction of sp³-hybridized carbons (Fsp3) is 0.286. The van der Waals surface area contributed by atoms with E-state index < -0.39 is 17.8 Å². The minimum atomic E-state index is -0.625. The van der Waals surface area contributed by atoms with Crippen LogP contribution in [0.3, 0.4) is 0 Å². The van der Waals surface area contributed by atoms with Gasteiger partial charge in [0.1, 0.15) is 5.75 Å². The predicted octanol–water partition coefficient (Wildman–Crippen LogP) is 4.08. The molecule has 3 aliphatic carbocycles. The summed E-state index contributed by atoms with van der Waals surface area (Å²) in [5, 5.41) is 12.7. The average molecular weight is 486 g/mol. The van der Waals surface area contributed by atoms with Crippen molar-refractivity contribution in [2.75, 3.05) is 0 Å². The Labute approximate surface area is 206 Å². The van der Waals surface area contributed by atoms with Gasteiger partial charge in [-0.3, -0.25) is 24.1 Å². The molecule has 0 saturated carbocycles. The molecule has 1 saturated heterocycles. The number of aromatic hydroxyl groups is 1. The van der Waals surface area contributed by atoms with Gasteiger partial charge in [0.15, 0.2) is 11.6 Å². The van der Waals surface area contributed by atoms with Crippen LogP contribution >= 0.6 is 11.3 Å². The summed E-state index contributed by atoms with van der Waals surface area (Å²) in [4.78, 5) is 55.7. The molecular formula is C28H23NO5S. The maximum Gasteiger partial charge on any atom is 0.234 e. The summed E-state index contributed by atoms with van der Waals surface area (Å²) in [7, 11) is 0. The van der Waals surface area contributed by atoms with Crippen molar-refractivity contribution in [1.29, 1.82) is 0 Å². The van der Waals surface area contributed by atoms with Crippen LogP contribution in [0.15, 0.2) is 76.2 Å². The van der Waals surface area contributed by atoms with Gasteiger partial charge in [-0.05, 0) is 49.3 Å². The van der Waals surface area contributed by atoms with Crippen LogP contribution in [0.2, 0.25) is 0 Å². The van der Waals surface area contributed by atoms with Crippen LogP contribution in [0, 0.1) is 17.8 Å². The third-order valence-electron chi connectivity index (χ3n) is 7.80. The van der Waals surface area contributed by atoms with Crippen LogP contribution in [0.4, 0.5) is 0 Å². The molecule has 0 radical (unpaired) electrons. The van der Waals surface area contributed by atoms with Crippen LogP contribution in [-0.4, -0.2) is 33.4 Å². The topological polar surface area (TPSA) is 91.8 Å². The van der Waals surface area contributed by atoms with E-state index in [9.17, 15) is 24.3 Å². The Balaban J connectivity index is 1.47. The van der Waals surface area contributed by atoms with Gasteiger partial charge in [0, 0.05) is 33.1 Å². The quantitative estimate of drug-likeness (QED) is 0.402. The van der Waals surface area contributed by atoms with Crippen molar-refractivity contribution in [2.24, 2.45) is 17.8 Å². The van der Waals surface area contributed by atoms with E-state index >= 15 is 0 Å². The number of imide groups is 1. The van der Waals surface area contributed by atoms with Gasteiger partial charge in [0.05, 0.1) is 18.4 Å². The van der Waals surface area contributed by atoms with E-state index in [1.807, 2.05) is 23.6 Å². The summed E-state index contributed by atoms with van der Waals surface area (Å²) in [6.45, 7) is 1.88. The first-order chi connectivity index (χ1) is 16.9. The lowest BCUT2D eigenvalue weighted by Gasteiger charge is -2.42. The van der Waals surface area contributed by atoms with E-state index in [1.54, 1.807) is 31.2 Å². The highest BCUT2D eigenvalue weighted by molar-refractivity contribution is 7.09. The molecule has 1 N–H and O–H groups in total. The molecule has 2 aromatic rings. The number of hydrogen-bond donors (Lipinski definition) is 1. The molecule has 4 atom stereocenters. The molecule has 176 valence electrons. The molecule has 6 rings (SSSR count). The highest BCUT2D eigenvalue weighted by Gasteiger charge is 2.56. The molecule has 35 heavy (non-hydrogen) atoms. The first kappa shape index (κ1) is 21.9. The van der Waals surface area contributed by atoms with Crippen molar-refractivity contribution in [3.05, 3.63) is 86.7 Å². The van der Waals surface area contributed by atoms with E-state index in [1.165, 1.54) is 22.3 Å². The van der Waals surface area contributed by atoms with Gasteiger partial charge in [0.25, 0.3) is 0 Å². The average Bonchev–Trinajstić information content (AvgIpc) is 3.44. The van der Waals surface area contributed by atoms with Crippen LogP contribution in [0.5, 0.6) is 5.75 Å². The number of ketones is 2. The molecular weight excluding hydrogens is 462 g/mol. The number of carbonyl (C=O) groups is 4. The van der Waals surface area contributed by atoms with Crippen LogP contribution in [0.25, 0.3) is 0 Å². The Morgan fingerprint density at radius 1 is 1.03 bits per heavy atom. The van der Waals surface area contributed by atoms with Gasteiger partial charge in [0.2, 0.25) is 11.8 Å². The molecule has 4 aliphatic rings. The molecule has 0 bridgehead atoms. The van der Waals surface area contributed by atoms with Gasteiger partial charge in [-0.1, -0.05) is 35.9 Å². The Morgan fingerprint density at radius 2 is 1.83 bits per heavy atom. The summed E-state index contributed by atoms with van der Waals surface area (Å²) in [6.07, 6.45) is 3.97. The van der Waals surface area contributed by atoms with Crippen molar-refractivity contribution >= 4 is 34.7 Å². The largest absolute Gasteiger partial charge is 0.508 e. The summed E-state index contributed by atoms with van der Waals surface area (Å²) in [5.41, 5.74) is 2.55. The third kappa shape index (κ3) is 3.22. The zero-order valence-corrected chi connectivity index (χ0v) is 19.9. The molecule has 4 unspecified atom stereocenters. The lowest BCUT2D eigenvalue weighted by atomic mass is 9.59. The molecule has 0 spiro atoms. The van der Waals surface area contributed by atoms with Crippen LogP contribution in [0.1, 0.15) is 36.1 Å². The number of hydrogen-bond acceptors (Lipinski definition) is 6. The number of para-hydroxylation sites is 1. The second kappa shape index (κ2) is 7.99. The maximum atomic E-state index is 13.7. The zero-order chi connectivity index (χ0) is 24.4. The number of likely N-dealkylation sites (tertiary alicyclic amines) is 1. The van der Waals surface area contributed by atoms with Gasteiger partial charge < -0.3 is 5.11 Å². The third-order valence-corrected chi connectivity index (χ3v) is 8.66. The number of phenols is 1. The smallest absolute Gasteiger partial charge is 0.234 e. The normalized spacial score (nSPS) is 28.0. The Morgan fingerprint density at radius 3 is 2.57 bits per heavy atom. The first-order valence-electron chi connectivity index (χ1n) is 11.7. The monoisotopic (exact) mass is 485 g/mol. The molecule has 1 fully saturated rings. The molecule has 2 amide bonds. The predicted molar refractivity (Wildman–Crippen MR) is 129 cm³/mol. The second-order valence-corrected chi connectivity index (χ2v) is 10.7. The van der Waals surface area contributed by atoms with Crippen molar-refractivity contribution in [1.82, 2.24) is 4.90 Å².